The number of benzene rings is 2. The summed E-state index contributed by atoms with van der Waals surface area (Å²) in [5.74, 6) is -0.0411. The first-order chi connectivity index (χ1) is 12.2. The molecule has 5 heteroatoms. The topological polar surface area (TPSA) is 53.3 Å². The van der Waals surface area contributed by atoms with Gasteiger partial charge in [0.1, 0.15) is 18.8 Å². The van der Waals surface area contributed by atoms with Gasteiger partial charge >= 0.3 is 6.09 Å². The van der Waals surface area contributed by atoms with Crippen molar-refractivity contribution >= 4 is 6.09 Å². The fourth-order valence-electron chi connectivity index (χ4n) is 3.79. The van der Waals surface area contributed by atoms with Crippen LogP contribution in [0.2, 0.25) is 0 Å². The lowest BCUT2D eigenvalue weighted by molar-refractivity contribution is 0.0998. The van der Waals surface area contributed by atoms with Gasteiger partial charge in [0.2, 0.25) is 0 Å². The number of hydrogen-bond acceptors (Lipinski definition) is 3. The van der Waals surface area contributed by atoms with Crippen LogP contribution in [-0.4, -0.2) is 36.4 Å². The second-order valence-electron chi connectivity index (χ2n) is 6.43. The van der Waals surface area contributed by atoms with Crippen LogP contribution in [0.25, 0.3) is 11.1 Å². The first kappa shape index (κ1) is 15.6. The van der Waals surface area contributed by atoms with Gasteiger partial charge in [-0.1, -0.05) is 48.5 Å². The quantitative estimate of drug-likeness (QED) is 0.836. The molecule has 2 aromatic carbocycles. The molecule has 1 aliphatic carbocycles. The zero-order chi connectivity index (χ0) is 17.4. The van der Waals surface area contributed by atoms with E-state index >= 15 is 0 Å². The highest BCUT2D eigenvalue weighted by atomic mass is 19.1. The third-order valence-electron chi connectivity index (χ3n) is 4.97. The normalized spacial score (nSPS) is 21.5. The SMILES string of the molecule is N#C[C@@H]1C[C@H](F)CN1C(=O)OCC1c2ccccc2-c2ccccc21. The van der Waals surface area contributed by atoms with Crippen LogP contribution in [0.1, 0.15) is 23.5 Å². The fourth-order valence-corrected chi connectivity index (χ4v) is 3.79. The van der Waals surface area contributed by atoms with Crippen LogP contribution in [0.5, 0.6) is 0 Å². The molecule has 1 aliphatic heterocycles. The number of carbonyl (C=O) groups excluding carboxylic acids is 1. The van der Waals surface area contributed by atoms with Crippen molar-refractivity contribution in [2.45, 2.75) is 24.6 Å². The molecule has 0 bridgehead atoms. The molecule has 1 heterocycles. The summed E-state index contributed by atoms with van der Waals surface area (Å²) in [5.41, 5.74) is 4.55. The number of carbonyl (C=O) groups is 1. The van der Waals surface area contributed by atoms with Crippen molar-refractivity contribution in [3.05, 3.63) is 59.7 Å². The molecule has 0 unspecified atom stereocenters. The van der Waals surface area contributed by atoms with Crippen LogP contribution in [-0.2, 0) is 4.74 Å². The Morgan fingerprint density at radius 3 is 2.36 bits per heavy atom. The number of fused-ring (bicyclic) bond motifs is 3. The molecule has 0 spiro atoms. The monoisotopic (exact) mass is 336 g/mol. The van der Waals surface area contributed by atoms with Gasteiger partial charge in [0.25, 0.3) is 0 Å². The van der Waals surface area contributed by atoms with E-state index in [1.807, 2.05) is 42.5 Å². The van der Waals surface area contributed by atoms with Gasteiger partial charge in [-0.2, -0.15) is 5.26 Å². The van der Waals surface area contributed by atoms with E-state index in [2.05, 4.69) is 12.1 Å². The van der Waals surface area contributed by atoms with E-state index in [0.717, 1.165) is 22.3 Å². The number of ether oxygens (including phenoxy) is 1. The van der Waals surface area contributed by atoms with Crippen molar-refractivity contribution in [3.8, 4) is 17.2 Å². The smallest absolute Gasteiger partial charge is 0.410 e. The van der Waals surface area contributed by atoms with Crippen molar-refractivity contribution in [3.63, 3.8) is 0 Å². The molecule has 1 saturated heterocycles. The fraction of sp³-hybridized carbons (Fsp3) is 0.300. The highest BCUT2D eigenvalue weighted by Crippen LogP contribution is 2.44. The van der Waals surface area contributed by atoms with Crippen molar-refractivity contribution in [1.82, 2.24) is 4.90 Å². The zero-order valence-corrected chi connectivity index (χ0v) is 13.6. The molecule has 1 fully saturated rings. The van der Waals surface area contributed by atoms with Gasteiger partial charge in [0.05, 0.1) is 12.6 Å². The Morgan fingerprint density at radius 1 is 1.16 bits per heavy atom. The Morgan fingerprint density at radius 2 is 1.76 bits per heavy atom. The van der Waals surface area contributed by atoms with Crippen molar-refractivity contribution in [1.29, 1.82) is 5.26 Å². The van der Waals surface area contributed by atoms with Gasteiger partial charge in [-0.3, -0.25) is 4.90 Å². The van der Waals surface area contributed by atoms with E-state index in [1.54, 1.807) is 0 Å². The number of rotatable bonds is 2. The van der Waals surface area contributed by atoms with Gasteiger partial charge in [-0.05, 0) is 22.3 Å². The number of nitrogens with zero attached hydrogens (tertiary/aromatic N) is 2. The maximum absolute atomic E-state index is 13.5. The summed E-state index contributed by atoms with van der Waals surface area (Å²) < 4.78 is 19.0. The minimum absolute atomic E-state index is 0.0411. The second kappa shape index (κ2) is 6.21. The summed E-state index contributed by atoms with van der Waals surface area (Å²) >= 11 is 0. The summed E-state index contributed by atoms with van der Waals surface area (Å²) in [6.07, 6.45) is -1.72. The van der Waals surface area contributed by atoms with Gasteiger partial charge in [0, 0.05) is 12.3 Å². The molecular weight excluding hydrogens is 319 g/mol. The Labute approximate surface area is 145 Å². The van der Waals surface area contributed by atoms with E-state index < -0.39 is 18.3 Å². The lowest BCUT2D eigenvalue weighted by Crippen LogP contribution is -2.36. The van der Waals surface area contributed by atoms with Crippen molar-refractivity contribution < 1.29 is 13.9 Å². The Kier molecular flexibility index (Phi) is 3.89. The van der Waals surface area contributed by atoms with Crippen LogP contribution < -0.4 is 0 Å². The molecule has 0 radical (unpaired) electrons. The number of alkyl halides is 1. The highest BCUT2D eigenvalue weighted by Gasteiger charge is 2.37. The Bertz CT molecular complexity index is 815. The second-order valence-corrected chi connectivity index (χ2v) is 6.43. The van der Waals surface area contributed by atoms with Crippen LogP contribution in [0.4, 0.5) is 9.18 Å². The average Bonchev–Trinajstić information content (AvgIpc) is 3.18. The molecule has 25 heavy (non-hydrogen) atoms. The van der Waals surface area contributed by atoms with E-state index in [0.29, 0.717) is 0 Å². The average molecular weight is 336 g/mol. The zero-order valence-electron chi connectivity index (χ0n) is 13.6. The van der Waals surface area contributed by atoms with Gasteiger partial charge in [-0.15, -0.1) is 0 Å². The molecule has 1 amide bonds. The standard InChI is InChI=1S/C20H17FN2O2/c21-13-9-14(10-22)23(11-13)20(24)25-12-19-17-7-3-1-5-15(17)16-6-2-4-8-18(16)19/h1-8,13-14,19H,9,11-12H2/t13-,14-/m0/s1. The molecule has 4 rings (SSSR count). The van der Waals surface area contributed by atoms with Crippen LogP contribution in [0.3, 0.4) is 0 Å². The van der Waals surface area contributed by atoms with Crippen LogP contribution >= 0.6 is 0 Å². The highest BCUT2D eigenvalue weighted by molar-refractivity contribution is 5.79. The summed E-state index contributed by atoms with van der Waals surface area (Å²) in [4.78, 5) is 13.5. The molecule has 4 nitrogen and oxygen atoms in total. The van der Waals surface area contributed by atoms with Gasteiger partial charge in [0.15, 0.2) is 0 Å². The van der Waals surface area contributed by atoms with E-state index in [-0.39, 0.29) is 25.5 Å². The lowest BCUT2D eigenvalue weighted by Gasteiger charge is -2.21. The largest absolute Gasteiger partial charge is 0.448 e. The first-order valence-corrected chi connectivity index (χ1v) is 8.34. The summed E-state index contributed by atoms with van der Waals surface area (Å²) in [6.45, 7) is 0.105. The molecule has 2 aliphatic rings. The maximum Gasteiger partial charge on any atom is 0.410 e. The molecule has 0 aromatic heterocycles. The predicted octanol–water partition coefficient (Wildman–Crippen LogP) is 3.87. The van der Waals surface area contributed by atoms with E-state index in [9.17, 15) is 9.18 Å². The third-order valence-corrected chi connectivity index (χ3v) is 4.97. The summed E-state index contributed by atoms with van der Waals surface area (Å²) in [7, 11) is 0. The van der Waals surface area contributed by atoms with Crippen LogP contribution in [0.15, 0.2) is 48.5 Å². The molecule has 2 aromatic rings. The van der Waals surface area contributed by atoms with Gasteiger partial charge < -0.3 is 4.74 Å². The minimum atomic E-state index is -1.16. The molecule has 0 saturated carbocycles. The Hall–Kier alpha value is -2.87. The summed E-state index contributed by atoms with van der Waals surface area (Å²) in [6, 6.07) is 17.4. The lowest BCUT2D eigenvalue weighted by atomic mass is 9.98. The molecule has 0 N–H and O–H groups in total. The minimum Gasteiger partial charge on any atom is -0.448 e. The number of likely N-dealkylation sites (tertiary alicyclic amines) is 1. The van der Waals surface area contributed by atoms with E-state index in [4.69, 9.17) is 10.00 Å². The number of nitriles is 1. The van der Waals surface area contributed by atoms with Gasteiger partial charge in [-0.25, -0.2) is 9.18 Å². The molecule has 2 atom stereocenters. The Balaban J connectivity index is 1.54. The molecule has 126 valence electrons. The maximum atomic E-state index is 13.5. The third kappa shape index (κ3) is 2.64. The molecular formula is C20H17FN2O2. The summed E-state index contributed by atoms with van der Waals surface area (Å²) in [5, 5.41) is 9.08. The number of amides is 1. The van der Waals surface area contributed by atoms with Crippen molar-refractivity contribution in [2.24, 2.45) is 0 Å². The first-order valence-electron chi connectivity index (χ1n) is 8.34. The van der Waals surface area contributed by atoms with Crippen LogP contribution in [0, 0.1) is 11.3 Å². The van der Waals surface area contributed by atoms with Crippen molar-refractivity contribution in [2.75, 3.05) is 13.2 Å². The number of hydrogen-bond donors (Lipinski definition) is 0. The van der Waals surface area contributed by atoms with E-state index in [1.165, 1.54) is 4.90 Å². The predicted molar refractivity (Wildman–Crippen MR) is 90.7 cm³/mol. The number of halogens is 1.